The molecule has 2 aliphatic carbocycles. The third-order valence-electron chi connectivity index (χ3n) is 6.87. The number of hydrogen-bond acceptors (Lipinski definition) is 1. The van der Waals surface area contributed by atoms with Crippen molar-refractivity contribution in [1.29, 1.82) is 0 Å². The summed E-state index contributed by atoms with van der Waals surface area (Å²) in [6, 6.07) is 3.71. The Kier molecular flexibility index (Phi) is 7.64. The molecule has 2 aliphatic rings. The van der Waals surface area contributed by atoms with Gasteiger partial charge in [-0.1, -0.05) is 36.6 Å². The molecule has 0 bridgehead atoms. The first kappa shape index (κ1) is 20.7. The lowest BCUT2D eigenvalue weighted by Gasteiger charge is -2.31. The first-order chi connectivity index (χ1) is 13.1. The van der Waals surface area contributed by atoms with Crippen LogP contribution in [0.25, 0.3) is 0 Å². The Labute approximate surface area is 169 Å². The maximum absolute atomic E-state index is 14.7. The van der Waals surface area contributed by atoms with Crippen molar-refractivity contribution in [3.05, 3.63) is 41.2 Å². The molecule has 1 aromatic rings. The molecule has 0 saturated heterocycles. The maximum Gasteiger partial charge on any atom is 0.149 e. The molecule has 27 heavy (non-hydrogen) atoms. The average molecular weight is 393 g/mol. The smallest absolute Gasteiger partial charge is 0.149 e. The number of allylic oxidation sites excluding steroid dienone is 1. The quantitative estimate of drug-likeness (QED) is 0.428. The van der Waals surface area contributed by atoms with Crippen molar-refractivity contribution in [3.8, 4) is 5.75 Å². The Balaban J connectivity index is 1.46. The summed E-state index contributed by atoms with van der Waals surface area (Å²) in [5.41, 5.74) is 0.782. The van der Waals surface area contributed by atoms with Crippen LogP contribution in [0.5, 0.6) is 5.75 Å². The second kappa shape index (κ2) is 9.96. The predicted molar refractivity (Wildman–Crippen MR) is 112 cm³/mol. The Morgan fingerprint density at radius 3 is 2.19 bits per heavy atom. The van der Waals surface area contributed by atoms with Crippen LogP contribution in [0.1, 0.15) is 82.6 Å². The molecule has 0 unspecified atom stereocenters. The van der Waals surface area contributed by atoms with E-state index in [0.29, 0.717) is 18.3 Å². The number of hydrogen-bond donors (Lipinski definition) is 0. The summed E-state index contributed by atoms with van der Waals surface area (Å²) in [4.78, 5) is 0. The number of benzene rings is 1. The standard InChI is InChI=1S/C24H34ClFO/c1-3-17-5-7-18(8-6-17)9-10-19-11-13-20(14-12-19)21-15-16-22(27-4-2)23(25)24(21)26/h3,15-20H,1,4-14H2,2H3. The fourth-order valence-corrected chi connectivity index (χ4v) is 5.30. The van der Waals surface area contributed by atoms with Crippen molar-refractivity contribution >= 4 is 11.6 Å². The second-order valence-electron chi connectivity index (χ2n) is 8.53. The Morgan fingerprint density at radius 2 is 1.63 bits per heavy atom. The van der Waals surface area contributed by atoms with Crippen LogP contribution in [0.2, 0.25) is 5.02 Å². The lowest BCUT2D eigenvalue weighted by Crippen LogP contribution is -2.17. The van der Waals surface area contributed by atoms with E-state index < -0.39 is 0 Å². The van der Waals surface area contributed by atoms with Gasteiger partial charge in [-0.15, -0.1) is 6.58 Å². The summed E-state index contributed by atoms with van der Waals surface area (Å²) in [6.07, 6.45) is 14.9. The molecule has 0 aliphatic heterocycles. The fraction of sp³-hybridized carbons (Fsp3) is 0.667. The lowest BCUT2D eigenvalue weighted by molar-refractivity contribution is 0.245. The SMILES string of the molecule is C=CC1CCC(CCC2CCC(c3ccc(OCC)c(Cl)c3F)CC2)CC1. The molecule has 0 atom stereocenters. The summed E-state index contributed by atoms with van der Waals surface area (Å²) < 4.78 is 20.1. The van der Waals surface area contributed by atoms with E-state index in [9.17, 15) is 4.39 Å². The molecule has 3 rings (SSSR count). The number of halogens is 2. The van der Waals surface area contributed by atoms with Crippen molar-refractivity contribution in [2.24, 2.45) is 17.8 Å². The normalized spacial score (nSPS) is 28.7. The predicted octanol–water partition coefficient (Wildman–Crippen LogP) is 7.92. The van der Waals surface area contributed by atoms with Gasteiger partial charge < -0.3 is 4.74 Å². The second-order valence-corrected chi connectivity index (χ2v) is 8.90. The van der Waals surface area contributed by atoms with Crippen molar-refractivity contribution in [3.63, 3.8) is 0 Å². The van der Waals surface area contributed by atoms with Gasteiger partial charge in [-0.05, 0) is 93.6 Å². The highest BCUT2D eigenvalue weighted by Crippen LogP contribution is 2.42. The Morgan fingerprint density at radius 1 is 1.04 bits per heavy atom. The maximum atomic E-state index is 14.7. The number of ether oxygens (including phenoxy) is 1. The van der Waals surface area contributed by atoms with Gasteiger partial charge in [0.25, 0.3) is 0 Å². The van der Waals surface area contributed by atoms with Gasteiger partial charge in [0.2, 0.25) is 0 Å². The molecule has 0 aromatic heterocycles. The van der Waals surface area contributed by atoms with Gasteiger partial charge in [0, 0.05) is 0 Å². The minimum atomic E-state index is -0.273. The topological polar surface area (TPSA) is 9.23 Å². The highest BCUT2D eigenvalue weighted by atomic mass is 35.5. The van der Waals surface area contributed by atoms with Gasteiger partial charge in [0.05, 0.1) is 6.61 Å². The third kappa shape index (κ3) is 5.28. The van der Waals surface area contributed by atoms with E-state index in [0.717, 1.165) is 36.2 Å². The average Bonchev–Trinajstić information content (AvgIpc) is 2.71. The van der Waals surface area contributed by atoms with Gasteiger partial charge in [-0.3, -0.25) is 0 Å². The fourth-order valence-electron chi connectivity index (χ4n) is 5.08. The van der Waals surface area contributed by atoms with Gasteiger partial charge in [-0.2, -0.15) is 0 Å². The van der Waals surface area contributed by atoms with Crippen molar-refractivity contribution in [2.75, 3.05) is 6.61 Å². The third-order valence-corrected chi connectivity index (χ3v) is 7.22. The molecule has 2 saturated carbocycles. The van der Waals surface area contributed by atoms with Crippen LogP contribution >= 0.6 is 11.6 Å². The Bertz CT molecular complexity index is 613. The number of rotatable bonds is 7. The molecule has 150 valence electrons. The van der Waals surface area contributed by atoms with E-state index >= 15 is 0 Å². The monoisotopic (exact) mass is 392 g/mol. The summed E-state index contributed by atoms with van der Waals surface area (Å²) in [6.45, 7) is 6.33. The molecule has 3 heteroatoms. The van der Waals surface area contributed by atoms with Gasteiger partial charge in [0.1, 0.15) is 16.6 Å². The lowest BCUT2D eigenvalue weighted by atomic mass is 9.74. The van der Waals surface area contributed by atoms with Crippen LogP contribution in [-0.2, 0) is 0 Å². The van der Waals surface area contributed by atoms with Gasteiger partial charge in [0.15, 0.2) is 0 Å². The molecular formula is C24H34ClFO. The molecule has 0 heterocycles. The van der Waals surface area contributed by atoms with Gasteiger partial charge in [-0.25, -0.2) is 4.39 Å². The first-order valence-electron chi connectivity index (χ1n) is 10.9. The zero-order chi connectivity index (χ0) is 19.2. The molecule has 0 N–H and O–H groups in total. The summed E-state index contributed by atoms with van der Waals surface area (Å²) in [5, 5.41) is 0.145. The molecule has 0 radical (unpaired) electrons. The van der Waals surface area contributed by atoms with Crippen LogP contribution in [0.3, 0.4) is 0 Å². The Hall–Kier alpha value is -1.02. The van der Waals surface area contributed by atoms with E-state index in [1.54, 1.807) is 0 Å². The summed E-state index contributed by atoms with van der Waals surface area (Å²) in [5.74, 6) is 2.98. The van der Waals surface area contributed by atoms with Crippen LogP contribution in [-0.4, -0.2) is 6.61 Å². The van der Waals surface area contributed by atoms with Crippen LogP contribution in [0.15, 0.2) is 24.8 Å². The zero-order valence-electron chi connectivity index (χ0n) is 16.7. The van der Waals surface area contributed by atoms with Crippen LogP contribution in [0.4, 0.5) is 4.39 Å². The highest BCUT2D eigenvalue weighted by molar-refractivity contribution is 6.32. The largest absolute Gasteiger partial charge is 0.492 e. The summed E-state index contributed by atoms with van der Waals surface area (Å²) in [7, 11) is 0. The van der Waals surface area contributed by atoms with Crippen LogP contribution < -0.4 is 4.74 Å². The first-order valence-corrected chi connectivity index (χ1v) is 11.2. The van der Waals surface area contributed by atoms with E-state index in [-0.39, 0.29) is 10.8 Å². The van der Waals surface area contributed by atoms with Crippen molar-refractivity contribution in [2.45, 2.75) is 77.0 Å². The van der Waals surface area contributed by atoms with Crippen LogP contribution in [0, 0.1) is 23.6 Å². The molecule has 1 nitrogen and oxygen atoms in total. The molecule has 0 spiro atoms. The van der Waals surface area contributed by atoms with Crippen molar-refractivity contribution < 1.29 is 9.13 Å². The minimum Gasteiger partial charge on any atom is -0.492 e. The summed E-state index contributed by atoms with van der Waals surface area (Å²) >= 11 is 6.18. The minimum absolute atomic E-state index is 0.145. The molecule has 1 aromatic carbocycles. The van der Waals surface area contributed by atoms with E-state index in [1.807, 2.05) is 19.1 Å². The zero-order valence-corrected chi connectivity index (χ0v) is 17.4. The molecule has 0 amide bonds. The van der Waals surface area contributed by atoms with E-state index in [1.165, 1.54) is 51.4 Å². The van der Waals surface area contributed by atoms with Gasteiger partial charge >= 0.3 is 0 Å². The van der Waals surface area contributed by atoms with Crippen molar-refractivity contribution in [1.82, 2.24) is 0 Å². The van der Waals surface area contributed by atoms with E-state index in [4.69, 9.17) is 16.3 Å². The molecule has 2 fully saturated rings. The van der Waals surface area contributed by atoms with E-state index in [2.05, 4.69) is 12.7 Å². The highest BCUT2D eigenvalue weighted by Gasteiger charge is 2.27. The molecular weight excluding hydrogens is 359 g/mol.